The van der Waals surface area contributed by atoms with Crippen LogP contribution in [0.1, 0.15) is 23.7 Å². The minimum Gasteiger partial charge on any atom is -0.388 e. The van der Waals surface area contributed by atoms with Crippen molar-refractivity contribution in [2.24, 2.45) is 5.73 Å². The lowest BCUT2D eigenvalue weighted by Crippen LogP contribution is -2.08. The summed E-state index contributed by atoms with van der Waals surface area (Å²) in [6, 6.07) is 3.18. The number of nitrogens with two attached hydrogens (primary N) is 1. The Morgan fingerprint density at radius 1 is 1.57 bits per heavy atom. The van der Waals surface area contributed by atoms with E-state index in [0.717, 1.165) is 5.56 Å². The highest BCUT2D eigenvalue weighted by Gasteiger charge is 2.14. The first-order valence-corrected chi connectivity index (χ1v) is 5.19. The van der Waals surface area contributed by atoms with E-state index in [0.29, 0.717) is 23.0 Å². The fourth-order valence-corrected chi connectivity index (χ4v) is 1.80. The van der Waals surface area contributed by atoms with Crippen LogP contribution in [0.25, 0.3) is 0 Å². The van der Waals surface area contributed by atoms with E-state index >= 15 is 0 Å². The molecular formula is C10H13BrFNO. The number of hydrogen-bond donors (Lipinski definition) is 2. The molecule has 0 bridgehead atoms. The van der Waals surface area contributed by atoms with Crippen LogP contribution in [0.4, 0.5) is 4.39 Å². The minimum absolute atomic E-state index is 0.323. The molecule has 0 spiro atoms. The van der Waals surface area contributed by atoms with Crippen LogP contribution in [0.5, 0.6) is 0 Å². The predicted molar refractivity (Wildman–Crippen MR) is 57.5 cm³/mol. The average molecular weight is 262 g/mol. The predicted octanol–water partition coefficient (Wildman–Crippen LogP) is 2.28. The van der Waals surface area contributed by atoms with Gasteiger partial charge in [0.15, 0.2) is 0 Å². The SMILES string of the molecule is Cc1cc(F)c(Br)c(C(O)CCN)c1. The molecule has 0 aliphatic heterocycles. The van der Waals surface area contributed by atoms with Gasteiger partial charge in [0.05, 0.1) is 10.6 Å². The number of benzene rings is 1. The minimum atomic E-state index is -0.705. The van der Waals surface area contributed by atoms with Crippen molar-refractivity contribution in [3.05, 3.63) is 33.5 Å². The largest absolute Gasteiger partial charge is 0.388 e. The molecule has 1 aromatic rings. The first-order valence-electron chi connectivity index (χ1n) is 4.40. The molecule has 4 heteroatoms. The molecule has 0 amide bonds. The standard InChI is InChI=1S/C10H13BrFNO/c1-6-4-7(9(14)2-3-13)10(11)8(12)5-6/h4-5,9,14H,2-3,13H2,1H3. The average Bonchev–Trinajstić information content (AvgIpc) is 2.11. The molecule has 0 heterocycles. The van der Waals surface area contributed by atoms with Gasteiger partial charge in [-0.15, -0.1) is 0 Å². The Morgan fingerprint density at radius 3 is 2.79 bits per heavy atom. The summed E-state index contributed by atoms with van der Waals surface area (Å²) in [5.74, 6) is -0.351. The second-order valence-corrected chi connectivity index (χ2v) is 4.04. The van der Waals surface area contributed by atoms with Gasteiger partial charge in [0, 0.05) is 0 Å². The molecule has 1 rings (SSSR count). The van der Waals surface area contributed by atoms with Crippen LogP contribution in [-0.2, 0) is 0 Å². The van der Waals surface area contributed by atoms with Gasteiger partial charge < -0.3 is 10.8 Å². The quantitative estimate of drug-likeness (QED) is 0.877. The third-order valence-corrected chi connectivity index (χ3v) is 2.84. The number of hydrogen-bond acceptors (Lipinski definition) is 2. The van der Waals surface area contributed by atoms with Crippen molar-refractivity contribution < 1.29 is 9.50 Å². The van der Waals surface area contributed by atoms with E-state index < -0.39 is 6.10 Å². The van der Waals surface area contributed by atoms with Crippen molar-refractivity contribution in [3.63, 3.8) is 0 Å². The van der Waals surface area contributed by atoms with Crippen LogP contribution >= 0.6 is 15.9 Å². The van der Waals surface area contributed by atoms with Gasteiger partial charge in [-0.2, -0.15) is 0 Å². The van der Waals surface area contributed by atoms with Crippen LogP contribution < -0.4 is 5.73 Å². The number of aliphatic hydroxyl groups excluding tert-OH is 1. The summed E-state index contributed by atoms with van der Waals surface area (Å²) >= 11 is 3.11. The van der Waals surface area contributed by atoms with Crippen molar-refractivity contribution in [1.82, 2.24) is 0 Å². The molecule has 0 aliphatic rings. The molecule has 0 aromatic heterocycles. The van der Waals surface area contributed by atoms with Gasteiger partial charge in [0.2, 0.25) is 0 Å². The van der Waals surface area contributed by atoms with E-state index in [1.54, 1.807) is 13.0 Å². The summed E-state index contributed by atoms with van der Waals surface area (Å²) in [6.45, 7) is 2.16. The molecule has 78 valence electrons. The number of rotatable bonds is 3. The van der Waals surface area contributed by atoms with Crippen LogP contribution in [0.2, 0.25) is 0 Å². The summed E-state index contributed by atoms with van der Waals surface area (Å²) in [4.78, 5) is 0. The Balaban J connectivity index is 3.07. The molecule has 0 aliphatic carbocycles. The summed E-state index contributed by atoms with van der Waals surface area (Å²) in [7, 11) is 0. The van der Waals surface area contributed by atoms with Crippen molar-refractivity contribution >= 4 is 15.9 Å². The van der Waals surface area contributed by atoms with Crippen LogP contribution in [0, 0.1) is 12.7 Å². The maximum Gasteiger partial charge on any atom is 0.138 e. The number of aryl methyl sites for hydroxylation is 1. The second-order valence-electron chi connectivity index (χ2n) is 3.24. The Kier molecular flexibility index (Phi) is 4.04. The lowest BCUT2D eigenvalue weighted by molar-refractivity contribution is 0.169. The highest BCUT2D eigenvalue weighted by Crippen LogP contribution is 2.28. The van der Waals surface area contributed by atoms with Crippen molar-refractivity contribution in [1.29, 1.82) is 0 Å². The summed E-state index contributed by atoms with van der Waals surface area (Å²) in [5.41, 5.74) is 6.68. The molecule has 0 radical (unpaired) electrons. The Morgan fingerprint density at radius 2 is 2.21 bits per heavy atom. The second kappa shape index (κ2) is 4.87. The van der Waals surface area contributed by atoms with E-state index in [2.05, 4.69) is 15.9 Å². The maximum absolute atomic E-state index is 13.3. The number of halogens is 2. The molecule has 1 unspecified atom stereocenters. The van der Waals surface area contributed by atoms with E-state index in [4.69, 9.17) is 5.73 Å². The third-order valence-electron chi connectivity index (χ3n) is 2.00. The summed E-state index contributed by atoms with van der Waals surface area (Å²) in [5, 5.41) is 9.67. The zero-order valence-electron chi connectivity index (χ0n) is 7.93. The number of aliphatic hydroxyl groups is 1. The van der Waals surface area contributed by atoms with Gasteiger partial charge in [-0.05, 0) is 53.0 Å². The molecule has 3 N–H and O–H groups in total. The first kappa shape index (κ1) is 11.6. The lowest BCUT2D eigenvalue weighted by Gasteiger charge is -2.13. The Bertz CT molecular complexity index is 330. The van der Waals surface area contributed by atoms with E-state index in [1.165, 1.54) is 6.07 Å². The van der Waals surface area contributed by atoms with Gasteiger partial charge in [0.25, 0.3) is 0 Å². The summed E-state index contributed by atoms with van der Waals surface area (Å²) in [6.07, 6.45) is -0.273. The topological polar surface area (TPSA) is 46.2 Å². The zero-order valence-corrected chi connectivity index (χ0v) is 9.51. The molecule has 1 atom stereocenters. The van der Waals surface area contributed by atoms with Gasteiger partial charge >= 0.3 is 0 Å². The highest BCUT2D eigenvalue weighted by molar-refractivity contribution is 9.10. The smallest absolute Gasteiger partial charge is 0.138 e. The van der Waals surface area contributed by atoms with Gasteiger partial charge in [-0.1, -0.05) is 6.07 Å². The van der Waals surface area contributed by atoms with Crippen molar-refractivity contribution in [2.75, 3.05) is 6.54 Å². The summed E-state index contributed by atoms with van der Waals surface area (Å²) < 4.78 is 13.6. The first-order chi connectivity index (χ1) is 6.56. The Hall–Kier alpha value is -0.450. The normalized spacial score (nSPS) is 12.9. The highest BCUT2D eigenvalue weighted by atomic mass is 79.9. The van der Waals surface area contributed by atoms with Crippen LogP contribution in [0.15, 0.2) is 16.6 Å². The fourth-order valence-electron chi connectivity index (χ4n) is 1.31. The van der Waals surface area contributed by atoms with Gasteiger partial charge in [-0.3, -0.25) is 0 Å². The molecule has 0 fully saturated rings. The van der Waals surface area contributed by atoms with Crippen LogP contribution in [0.3, 0.4) is 0 Å². The molecule has 0 saturated carbocycles. The fraction of sp³-hybridized carbons (Fsp3) is 0.400. The van der Waals surface area contributed by atoms with Crippen molar-refractivity contribution in [3.8, 4) is 0 Å². The lowest BCUT2D eigenvalue weighted by atomic mass is 10.0. The zero-order chi connectivity index (χ0) is 10.7. The van der Waals surface area contributed by atoms with E-state index in [9.17, 15) is 9.50 Å². The molecule has 2 nitrogen and oxygen atoms in total. The van der Waals surface area contributed by atoms with Gasteiger partial charge in [0.1, 0.15) is 5.82 Å². The molecule has 0 saturated heterocycles. The molecule has 14 heavy (non-hydrogen) atoms. The molecule has 1 aromatic carbocycles. The Labute approximate surface area is 91.1 Å². The van der Waals surface area contributed by atoms with E-state index in [1.807, 2.05) is 0 Å². The van der Waals surface area contributed by atoms with Crippen molar-refractivity contribution in [2.45, 2.75) is 19.4 Å². The van der Waals surface area contributed by atoms with E-state index in [-0.39, 0.29) is 5.82 Å². The monoisotopic (exact) mass is 261 g/mol. The third kappa shape index (κ3) is 2.53. The van der Waals surface area contributed by atoms with Gasteiger partial charge in [-0.25, -0.2) is 4.39 Å². The molecular weight excluding hydrogens is 249 g/mol. The van der Waals surface area contributed by atoms with Crippen LogP contribution in [-0.4, -0.2) is 11.7 Å². The maximum atomic E-state index is 13.3.